The summed E-state index contributed by atoms with van der Waals surface area (Å²) in [6, 6.07) is 0.812. The Hall–Kier alpha value is -0.120. The molecule has 3 N–H and O–H groups in total. The van der Waals surface area contributed by atoms with Gasteiger partial charge < -0.3 is 15.7 Å². The van der Waals surface area contributed by atoms with Crippen molar-refractivity contribution in [3.05, 3.63) is 0 Å². The first kappa shape index (κ1) is 7.98. The van der Waals surface area contributed by atoms with E-state index >= 15 is 0 Å². The maximum absolute atomic E-state index is 8.71. The number of hydrogen-bond donors (Lipinski definition) is 3. The Morgan fingerprint density at radius 1 is 1.80 bits per heavy atom. The minimum Gasteiger partial charge on any atom is -0.395 e. The van der Waals surface area contributed by atoms with Crippen LogP contribution in [0, 0.1) is 0 Å². The third-order valence-electron chi connectivity index (χ3n) is 1.85. The molecule has 0 radical (unpaired) electrons. The molecule has 0 aromatic heterocycles. The van der Waals surface area contributed by atoms with Gasteiger partial charge in [-0.25, -0.2) is 0 Å². The Morgan fingerprint density at radius 3 is 3.10 bits per heavy atom. The van der Waals surface area contributed by atoms with E-state index in [1.807, 2.05) is 6.92 Å². The van der Waals surface area contributed by atoms with E-state index in [4.69, 9.17) is 5.11 Å². The zero-order chi connectivity index (χ0) is 7.40. The first-order chi connectivity index (χ1) is 4.83. The predicted molar refractivity (Wildman–Crippen MR) is 41.0 cm³/mol. The Labute approximate surface area is 61.8 Å². The zero-order valence-corrected chi connectivity index (χ0v) is 6.43. The van der Waals surface area contributed by atoms with Crippen LogP contribution in [0.25, 0.3) is 0 Å². The molecule has 0 aromatic rings. The lowest BCUT2D eigenvalue weighted by Gasteiger charge is -2.15. The molecule has 10 heavy (non-hydrogen) atoms. The van der Waals surface area contributed by atoms with Crippen LogP contribution < -0.4 is 10.6 Å². The van der Waals surface area contributed by atoms with Gasteiger partial charge in [-0.15, -0.1) is 0 Å². The van der Waals surface area contributed by atoms with Crippen molar-refractivity contribution >= 4 is 0 Å². The quantitative estimate of drug-likeness (QED) is 0.491. The first-order valence-electron chi connectivity index (χ1n) is 3.90. The average molecular weight is 144 g/mol. The van der Waals surface area contributed by atoms with Crippen molar-refractivity contribution in [3.63, 3.8) is 0 Å². The number of rotatable bonds is 3. The fourth-order valence-electron chi connectivity index (χ4n) is 1.25. The second-order valence-corrected chi connectivity index (χ2v) is 2.94. The van der Waals surface area contributed by atoms with E-state index in [1.165, 1.54) is 6.42 Å². The molecule has 1 saturated heterocycles. The summed E-state index contributed by atoms with van der Waals surface area (Å²) in [5, 5.41) is 15.3. The zero-order valence-electron chi connectivity index (χ0n) is 6.43. The summed E-state index contributed by atoms with van der Waals surface area (Å²) in [6.07, 6.45) is 1.18. The topological polar surface area (TPSA) is 44.3 Å². The molecular formula is C7H16N2O. The molecule has 1 rings (SSSR count). The molecule has 0 spiro atoms. The molecule has 3 nitrogen and oxygen atoms in total. The first-order valence-corrected chi connectivity index (χ1v) is 3.90. The van der Waals surface area contributed by atoms with Gasteiger partial charge in [-0.2, -0.15) is 0 Å². The van der Waals surface area contributed by atoms with Crippen molar-refractivity contribution < 1.29 is 5.11 Å². The summed E-state index contributed by atoms with van der Waals surface area (Å²) in [4.78, 5) is 0. The molecule has 2 atom stereocenters. The molecule has 0 bridgehead atoms. The van der Waals surface area contributed by atoms with E-state index in [9.17, 15) is 0 Å². The highest BCUT2D eigenvalue weighted by molar-refractivity contribution is 4.79. The maximum atomic E-state index is 8.71. The Bertz CT molecular complexity index is 91.6. The maximum Gasteiger partial charge on any atom is 0.0582 e. The van der Waals surface area contributed by atoms with Crippen molar-refractivity contribution in [1.29, 1.82) is 0 Å². The minimum atomic E-state index is 0.233. The summed E-state index contributed by atoms with van der Waals surface area (Å²) in [6.45, 7) is 4.38. The third-order valence-corrected chi connectivity index (χ3v) is 1.85. The van der Waals surface area contributed by atoms with Crippen molar-refractivity contribution in [2.45, 2.75) is 25.4 Å². The van der Waals surface area contributed by atoms with Crippen LogP contribution in [0.2, 0.25) is 0 Å². The summed E-state index contributed by atoms with van der Waals surface area (Å²) in [5.74, 6) is 0. The second-order valence-electron chi connectivity index (χ2n) is 2.94. The van der Waals surface area contributed by atoms with E-state index in [2.05, 4.69) is 10.6 Å². The lowest BCUT2D eigenvalue weighted by atomic mass is 10.2. The standard InChI is InChI=1S/C7H16N2O/c1-6(5-10)9-7-2-3-8-4-7/h6-10H,2-5H2,1H3. The van der Waals surface area contributed by atoms with Crippen LogP contribution in [0.5, 0.6) is 0 Å². The number of hydrogen-bond acceptors (Lipinski definition) is 3. The molecular weight excluding hydrogens is 128 g/mol. The molecule has 0 aliphatic carbocycles. The molecule has 1 aliphatic heterocycles. The third kappa shape index (κ3) is 2.25. The number of aliphatic hydroxyl groups excluding tert-OH is 1. The van der Waals surface area contributed by atoms with E-state index in [1.54, 1.807) is 0 Å². The van der Waals surface area contributed by atoms with Gasteiger partial charge in [0.1, 0.15) is 0 Å². The highest BCUT2D eigenvalue weighted by Crippen LogP contribution is 1.97. The molecule has 3 heteroatoms. The van der Waals surface area contributed by atoms with Gasteiger partial charge in [-0.05, 0) is 19.9 Å². The molecule has 0 saturated carbocycles. The van der Waals surface area contributed by atoms with Crippen LogP contribution in [-0.4, -0.2) is 36.9 Å². The normalized spacial score (nSPS) is 28.8. The van der Waals surface area contributed by atoms with Gasteiger partial charge in [-0.3, -0.25) is 0 Å². The Morgan fingerprint density at radius 2 is 2.60 bits per heavy atom. The van der Waals surface area contributed by atoms with E-state index in [0.717, 1.165) is 13.1 Å². The van der Waals surface area contributed by atoms with Crippen LogP contribution in [0.4, 0.5) is 0 Å². The van der Waals surface area contributed by atoms with Crippen molar-refractivity contribution in [1.82, 2.24) is 10.6 Å². The fraction of sp³-hybridized carbons (Fsp3) is 1.00. The van der Waals surface area contributed by atoms with Gasteiger partial charge in [0.25, 0.3) is 0 Å². The van der Waals surface area contributed by atoms with Crippen LogP contribution in [-0.2, 0) is 0 Å². The van der Waals surface area contributed by atoms with Gasteiger partial charge in [0.15, 0.2) is 0 Å². The van der Waals surface area contributed by atoms with Gasteiger partial charge in [0.05, 0.1) is 6.61 Å². The fourth-order valence-corrected chi connectivity index (χ4v) is 1.25. The molecule has 1 aliphatic rings. The minimum absolute atomic E-state index is 0.233. The van der Waals surface area contributed by atoms with Crippen LogP contribution in [0.1, 0.15) is 13.3 Å². The largest absolute Gasteiger partial charge is 0.395 e. The summed E-state index contributed by atoms with van der Waals surface area (Å²) in [5.41, 5.74) is 0. The van der Waals surface area contributed by atoms with Crippen LogP contribution >= 0.6 is 0 Å². The van der Waals surface area contributed by atoms with Gasteiger partial charge >= 0.3 is 0 Å². The van der Waals surface area contributed by atoms with E-state index < -0.39 is 0 Å². The van der Waals surface area contributed by atoms with Gasteiger partial charge in [0.2, 0.25) is 0 Å². The summed E-state index contributed by atoms with van der Waals surface area (Å²) in [7, 11) is 0. The number of aliphatic hydroxyl groups is 1. The van der Waals surface area contributed by atoms with E-state index in [0.29, 0.717) is 6.04 Å². The molecule has 1 fully saturated rings. The lowest BCUT2D eigenvalue weighted by Crippen LogP contribution is -2.39. The smallest absolute Gasteiger partial charge is 0.0582 e. The molecule has 0 amide bonds. The average Bonchev–Trinajstić information content (AvgIpc) is 2.40. The molecule has 2 unspecified atom stereocenters. The van der Waals surface area contributed by atoms with Gasteiger partial charge in [0, 0.05) is 18.6 Å². The molecule has 60 valence electrons. The highest BCUT2D eigenvalue weighted by Gasteiger charge is 2.15. The molecule has 0 aromatic carbocycles. The van der Waals surface area contributed by atoms with Crippen molar-refractivity contribution in [2.75, 3.05) is 19.7 Å². The Kier molecular flexibility index (Phi) is 3.12. The highest BCUT2D eigenvalue weighted by atomic mass is 16.3. The number of nitrogens with one attached hydrogen (secondary N) is 2. The van der Waals surface area contributed by atoms with Gasteiger partial charge in [-0.1, -0.05) is 0 Å². The second kappa shape index (κ2) is 3.91. The monoisotopic (exact) mass is 144 g/mol. The van der Waals surface area contributed by atoms with Crippen LogP contribution in [0.3, 0.4) is 0 Å². The van der Waals surface area contributed by atoms with Crippen molar-refractivity contribution in [3.8, 4) is 0 Å². The summed E-state index contributed by atoms with van der Waals surface area (Å²) < 4.78 is 0. The lowest BCUT2D eigenvalue weighted by molar-refractivity contribution is 0.242. The van der Waals surface area contributed by atoms with Crippen LogP contribution in [0.15, 0.2) is 0 Å². The molecule has 1 heterocycles. The Balaban J connectivity index is 2.11. The summed E-state index contributed by atoms with van der Waals surface area (Å²) >= 11 is 0. The predicted octanol–water partition coefficient (Wildman–Crippen LogP) is -0.681. The van der Waals surface area contributed by atoms with Crippen molar-refractivity contribution in [2.24, 2.45) is 0 Å². The van der Waals surface area contributed by atoms with E-state index in [-0.39, 0.29) is 12.6 Å². The SMILES string of the molecule is CC(CO)NC1CCNC1.